The van der Waals surface area contributed by atoms with E-state index in [9.17, 15) is 4.79 Å². The molecule has 1 aliphatic rings. The van der Waals surface area contributed by atoms with Crippen molar-refractivity contribution in [3.8, 4) is 0 Å². The van der Waals surface area contributed by atoms with E-state index in [4.69, 9.17) is 11.6 Å². The van der Waals surface area contributed by atoms with Gasteiger partial charge in [-0.1, -0.05) is 23.7 Å². The van der Waals surface area contributed by atoms with Gasteiger partial charge in [-0.3, -0.25) is 4.79 Å². The van der Waals surface area contributed by atoms with Crippen LogP contribution in [0.3, 0.4) is 0 Å². The van der Waals surface area contributed by atoms with E-state index >= 15 is 0 Å². The lowest BCUT2D eigenvalue weighted by atomic mass is 10.0. The van der Waals surface area contributed by atoms with Gasteiger partial charge in [-0.2, -0.15) is 0 Å². The molecule has 1 fully saturated rings. The fourth-order valence-electron chi connectivity index (χ4n) is 2.62. The molecule has 21 heavy (non-hydrogen) atoms. The summed E-state index contributed by atoms with van der Waals surface area (Å²) in [5, 5.41) is 4.33. The van der Waals surface area contributed by atoms with Crippen molar-refractivity contribution in [2.75, 3.05) is 5.32 Å². The summed E-state index contributed by atoms with van der Waals surface area (Å²) in [5.74, 6) is 0.660. The molecule has 0 saturated heterocycles. The predicted octanol–water partition coefficient (Wildman–Crippen LogP) is 4.08. The van der Waals surface area contributed by atoms with Crippen molar-refractivity contribution < 1.29 is 0 Å². The molecule has 0 aliphatic heterocycles. The van der Waals surface area contributed by atoms with Gasteiger partial charge in [-0.05, 0) is 49.4 Å². The van der Waals surface area contributed by atoms with Gasteiger partial charge in [0, 0.05) is 23.8 Å². The number of nitrogens with zero attached hydrogens (tertiary/aromatic N) is 1. The number of nitrogens with one attached hydrogen (secondary N) is 1. The second kappa shape index (κ2) is 5.94. The smallest absolute Gasteiger partial charge is 0.250 e. The van der Waals surface area contributed by atoms with Crippen LogP contribution < -0.4 is 10.9 Å². The minimum absolute atomic E-state index is 0.0394. The van der Waals surface area contributed by atoms with Gasteiger partial charge in [0.15, 0.2) is 0 Å². The summed E-state index contributed by atoms with van der Waals surface area (Å²) in [6.45, 7) is 2.66. The molecule has 1 heterocycles. The Balaban J connectivity index is 1.85. The van der Waals surface area contributed by atoms with Crippen molar-refractivity contribution in [2.45, 2.75) is 32.4 Å². The average molecular weight is 303 g/mol. The number of aromatic nitrogens is 1. The van der Waals surface area contributed by atoms with Crippen LogP contribution in [0.15, 0.2) is 47.4 Å². The largest absolute Gasteiger partial charge is 0.377 e. The number of benzene rings is 1. The first-order valence-corrected chi connectivity index (χ1v) is 7.77. The van der Waals surface area contributed by atoms with Gasteiger partial charge in [0.25, 0.3) is 5.56 Å². The average Bonchev–Trinajstić information content (AvgIpc) is 3.32. The van der Waals surface area contributed by atoms with Gasteiger partial charge in [0.2, 0.25) is 0 Å². The van der Waals surface area contributed by atoms with E-state index in [-0.39, 0.29) is 11.6 Å². The monoisotopic (exact) mass is 302 g/mol. The maximum absolute atomic E-state index is 11.7. The van der Waals surface area contributed by atoms with Crippen LogP contribution in [-0.4, -0.2) is 4.57 Å². The molecular weight excluding hydrogens is 284 g/mol. The topological polar surface area (TPSA) is 34.0 Å². The van der Waals surface area contributed by atoms with Gasteiger partial charge in [-0.15, -0.1) is 0 Å². The van der Waals surface area contributed by atoms with Crippen LogP contribution in [-0.2, 0) is 6.54 Å². The maximum Gasteiger partial charge on any atom is 0.250 e. The number of pyridine rings is 1. The van der Waals surface area contributed by atoms with Crippen molar-refractivity contribution in [3.05, 3.63) is 63.5 Å². The molecule has 1 aromatic carbocycles. The Morgan fingerprint density at radius 2 is 1.95 bits per heavy atom. The molecular formula is C17H19ClN2O. The minimum Gasteiger partial charge on any atom is -0.377 e. The van der Waals surface area contributed by atoms with E-state index in [0.717, 1.165) is 10.7 Å². The lowest BCUT2D eigenvalue weighted by Crippen LogP contribution is -2.19. The SMILES string of the molecule is CCn1cc(NC(c2ccc(Cl)cc2)C2CC2)ccc1=O. The van der Waals surface area contributed by atoms with Crippen LogP contribution in [0.2, 0.25) is 5.02 Å². The van der Waals surface area contributed by atoms with Crippen molar-refractivity contribution >= 4 is 17.3 Å². The summed E-state index contributed by atoms with van der Waals surface area (Å²) in [6.07, 6.45) is 4.38. The molecule has 3 nitrogen and oxygen atoms in total. The van der Waals surface area contributed by atoms with Gasteiger partial charge < -0.3 is 9.88 Å². The summed E-state index contributed by atoms with van der Waals surface area (Å²) in [4.78, 5) is 11.7. The third kappa shape index (κ3) is 3.30. The lowest BCUT2D eigenvalue weighted by Gasteiger charge is -2.20. The maximum atomic E-state index is 11.7. The van der Waals surface area contributed by atoms with Crippen molar-refractivity contribution in [1.29, 1.82) is 0 Å². The van der Waals surface area contributed by atoms with Gasteiger partial charge in [0.1, 0.15) is 0 Å². The Labute approximate surface area is 129 Å². The van der Waals surface area contributed by atoms with E-state index in [2.05, 4.69) is 17.4 Å². The van der Waals surface area contributed by atoms with Crippen LogP contribution in [0.5, 0.6) is 0 Å². The third-order valence-corrected chi connectivity index (χ3v) is 4.22. The highest BCUT2D eigenvalue weighted by molar-refractivity contribution is 6.30. The van der Waals surface area contributed by atoms with Crippen molar-refractivity contribution in [1.82, 2.24) is 4.57 Å². The highest BCUT2D eigenvalue weighted by Gasteiger charge is 2.32. The number of rotatable bonds is 5. The Bertz CT molecular complexity index is 674. The molecule has 2 aromatic rings. The van der Waals surface area contributed by atoms with E-state index < -0.39 is 0 Å². The number of hydrogen-bond donors (Lipinski definition) is 1. The predicted molar refractivity (Wildman–Crippen MR) is 86.9 cm³/mol. The van der Waals surface area contributed by atoms with Gasteiger partial charge in [-0.25, -0.2) is 0 Å². The van der Waals surface area contributed by atoms with Gasteiger partial charge in [0.05, 0.1) is 11.7 Å². The third-order valence-electron chi connectivity index (χ3n) is 3.97. The van der Waals surface area contributed by atoms with Crippen LogP contribution in [0, 0.1) is 5.92 Å². The molecule has 1 unspecified atom stereocenters. The molecule has 1 aromatic heterocycles. The summed E-state index contributed by atoms with van der Waals surface area (Å²) in [7, 11) is 0. The Morgan fingerprint density at radius 1 is 1.24 bits per heavy atom. The number of aryl methyl sites for hydroxylation is 1. The zero-order chi connectivity index (χ0) is 14.8. The van der Waals surface area contributed by atoms with Crippen LogP contribution in [0.1, 0.15) is 31.4 Å². The second-order valence-corrected chi connectivity index (χ2v) is 5.99. The Morgan fingerprint density at radius 3 is 2.57 bits per heavy atom. The van der Waals surface area contributed by atoms with Crippen molar-refractivity contribution in [2.24, 2.45) is 5.92 Å². The quantitative estimate of drug-likeness (QED) is 0.903. The van der Waals surface area contributed by atoms with Crippen molar-refractivity contribution in [3.63, 3.8) is 0 Å². The molecule has 0 radical (unpaired) electrons. The standard InChI is InChI=1S/C17H19ClN2O/c1-2-20-11-15(9-10-16(20)21)19-17(12-3-4-12)13-5-7-14(18)8-6-13/h5-12,17,19H,2-4H2,1H3. The summed E-state index contributed by atoms with van der Waals surface area (Å²) in [5.41, 5.74) is 2.27. The number of hydrogen-bond acceptors (Lipinski definition) is 2. The summed E-state index contributed by atoms with van der Waals surface area (Å²) >= 11 is 5.97. The highest BCUT2D eigenvalue weighted by Crippen LogP contribution is 2.42. The van der Waals surface area contributed by atoms with Crippen LogP contribution >= 0.6 is 11.6 Å². The number of halogens is 1. The minimum atomic E-state index is 0.0394. The van der Waals surface area contributed by atoms with Crippen LogP contribution in [0.4, 0.5) is 5.69 Å². The first-order chi connectivity index (χ1) is 10.2. The van der Waals surface area contributed by atoms with E-state index in [0.29, 0.717) is 12.5 Å². The molecule has 0 amide bonds. The molecule has 4 heteroatoms. The van der Waals surface area contributed by atoms with Crippen LogP contribution in [0.25, 0.3) is 0 Å². The van der Waals surface area contributed by atoms with E-state index in [1.54, 1.807) is 10.6 Å². The zero-order valence-corrected chi connectivity index (χ0v) is 12.8. The summed E-state index contributed by atoms with van der Waals surface area (Å²) < 4.78 is 1.72. The molecule has 1 aliphatic carbocycles. The fourth-order valence-corrected chi connectivity index (χ4v) is 2.74. The number of anilines is 1. The molecule has 0 bridgehead atoms. The highest BCUT2D eigenvalue weighted by atomic mass is 35.5. The molecule has 1 saturated carbocycles. The Hall–Kier alpha value is -1.74. The molecule has 3 rings (SSSR count). The normalized spacial score (nSPS) is 15.7. The second-order valence-electron chi connectivity index (χ2n) is 5.55. The first-order valence-electron chi connectivity index (χ1n) is 7.40. The van der Waals surface area contributed by atoms with E-state index in [1.807, 2.05) is 31.3 Å². The van der Waals surface area contributed by atoms with E-state index in [1.165, 1.54) is 18.4 Å². The molecule has 1 atom stereocenters. The molecule has 0 spiro atoms. The fraction of sp³-hybridized carbons (Fsp3) is 0.353. The van der Waals surface area contributed by atoms with Gasteiger partial charge >= 0.3 is 0 Å². The molecule has 1 N–H and O–H groups in total. The summed E-state index contributed by atoms with van der Waals surface area (Å²) in [6, 6.07) is 11.8. The Kier molecular flexibility index (Phi) is 4.02. The first kappa shape index (κ1) is 14.2. The lowest BCUT2D eigenvalue weighted by molar-refractivity contribution is 0.672. The molecule has 110 valence electrons. The zero-order valence-electron chi connectivity index (χ0n) is 12.1.